The second-order valence-corrected chi connectivity index (χ2v) is 6.97. The average molecular weight is 298 g/mol. The number of aliphatic hydroxyl groups excluding tert-OH is 1. The van der Waals surface area contributed by atoms with Crippen LogP contribution in [0.25, 0.3) is 0 Å². The first-order valence-corrected chi connectivity index (χ1v) is 8.93. The molecule has 1 saturated heterocycles. The molecule has 0 aromatic heterocycles. The van der Waals surface area contributed by atoms with E-state index in [1.54, 1.807) is 0 Å². The van der Waals surface area contributed by atoms with E-state index in [1.807, 2.05) is 0 Å². The van der Waals surface area contributed by atoms with Gasteiger partial charge in [-0.1, -0.05) is 32.6 Å². The Morgan fingerprint density at radius 1 is 1.24 bits per heavy atom. The smallest absolute Gasteiger partial charge is 0.0644 e. The number of rotatable bonds is 7. The van der Waals surface area contributed by atoms with Crippen LogP contribution in [0.3, 0.4) is 0 Å². The van der Waals surface area contributed by atoms with Crippen LogP contribution in [0.15, 0.2) is 0 Å². The lowest BCUT2D eigenvalue weighted by Gasteiger charge is -2.43. The molecule has 2 N–H and O–H groups in total. The fourth-order valence-corrected chi connectivity index (χ4v) is 3.90. The normalized spacial score (nSPS) is 27.4. The standard InChI is InChI=1S/C17H34N2O2/c1-2-9-18-14-17(7-5-3-4-6-8-17)15-19-10-11-21-13-16(19)12-20/h16,18,20H,2-15H2,1H3. The highest BCUT2D eigenvalue weighted by atomic mass is 16.5. The maximum absolute atomic E-state index is 9.61. The molecular weight excluding hydrogens is 264 g/mol. The minimum absolute atomic E-state index is 0.199. The summed E-state index contributed by atoms with van der Waals surface area (Å²) >= 11 is 0. The third-order valence-corrected chi connectivity index (χ3v) is 5.19. The number of nitrogens with zero attached hydrogens (tertiary/aromatic N) is 1. The maximum Gasteiger partial charge on any atom is 0.0644 e. The number of hydrogen-bond acceptors (Lipinski definition) is 4. The Labute approximate surface area is 130 Å². The summed E-state index contributed by atoms with van der Waals surface area (Å²) in [6.07, 6.45) is 9.37. The molecule has 21 heavy (non-hydrogen) atoms. The van der Waals surface area contributed by atoms with E-state index in [4.69, 9.17) is 4.74 Å². The van der Waals surface area contributed by atoms with Gasteiger partial charge in [-0.05, 0) is 31.2 Å². The minimum Gasteiger partial charge on any atom is -0.395 e. The van der Waals surface area contributed by atoms with Crippen LogP contribution in [0.5, 0.6) is 0 Å². The zero-order chi connectivity index (χ0) is 15.0. The molecule has 1 atom stereocenters. The van der Waals surface area contributed by atoms with Crippen molar-refractivity contribution >= 4 is 0 Å². The first-order valence-electron chi connectivity index (χ1n) is 8.93. The molecule has 0 aromatic rings. The first kappa shape index (κ1) is 17.2. The van der Waals surface area contributed by atoms with Crippen LogP contribution in [-0.2, 0) is 4.74 Å². The largest absolute Gasteiger partial charge is 0.395 e. The molecule has 124 valence electrons. The summed E-state index contributed by atoms with van der Waals surface area (Å²) < 4.78 is 5.53. The highest BCUT2D eigenvalue weighted by Crippen LogP contribution is 2.36. The average Bonchev–Trinajstić information content (AvgIpc) is 2.74. The van der Waals surface area contributed by atoms with Crippen LogP contribution in [0.1, 0.15) is 51.9 Å². The Hall–Kier alpha value is -0.160. The van der Waals surface area contributed by atoms with Crippen molar-refractivity contribution in [3.8, 4) is 0 Å². The van der Waals surface area contributed by atoms with E-state index < -0.39 is 0 Å². The predicted molar refractivity (Wildman–Crippen MR) is 86.6 cm³/mol. The van der Waals surface area contributed by atoms with E-state index in [0.717, 1.165) is 32.8 Å². The molecule has 0 bridgehead atoms. The Morgan fingerprint density at radius 3 is 2.67 bits per heavy atom. The molecule has 0 aromatic carbocycles. The number of nitrogens with one attached hydrogen (secondary N) is 1. The fourth-order valence-electron chi connectivity index (χ4n) is 3.90. The Balaban J connectivity index is 1.99. The zero-order valence-corrected chi connectivity index (χ0v) is 13.8. The van der Waals surface area contributed by atoms with Gasteiger partial charge in [-0.15, -0.1) is 0 Å². The summed E-state index contributed by atoms with van der Waals surface area (Å²) in [5.41, 5.74) is 0.399. The summed E-state index contributed by atoms with van der Waals surface area (Å²) in [4.78, 5) is 2.49. The molecule has 2 aliphatic rings. The summed E-state index contributed by atoms with van der Waals surface area (Å²) in [5.74, 6) is 0. The molecule has 4 nitrogen and oxygen atoms in total. The quantitative estimate of drug-likeness (QED) is 0.557. The van der Waals surface area contributed by atoms with Crippen molar-refractivity contribution in [2.24, 2.45) is 5.41 Å². The van der Waals surface area contributed by atoms with Gasteiger partial charge in [-0.25, -0.2) is 0 Å². The molecule has 1 saturated carbocycles. The van der Waals surface area contributed by atoms with Gasteiger partial charge in [0.1, 0.15) is 0 Å². The van der Waals surface area contributed by atoms with Crippen LogP contribution < -0.4 is 5.32 Å². The molecule has 1 unspecified atom stereocenters. The van der Waals surface area contributed by atoms with Crippen molar-refractivity contribution in [1.29, 1.82) is 0 Å². The molecule has 0 spiro atoms. The monoisotopic (exact) mass is 298 g/mol. The summed E-state index contributed by atoms with van der Waals surface area (Å²) in [6, 6.07) is 0.199. The van der Waals surface area contributed by atoms with Gasteiger partial charge in [0.15, 0.2) is 0 Å². The zero-order valence-electron chi connectivity index (χ0n) is 13.8. The van der Waals surface area contributed by atoms with Crippen LogP contribution in [-0.4, -0.2) is 62.0 Å². The number of ether oxygens (including phenoxy) is 1. The van der Waals surface area contributed by atoms with Gasteiger partial charge in [0.05, 0.1) is 25.9 Å². The SMILES string of the molecule is CCCNCC1(CN2CCOCC2CO)CCCCCC1. The first-order chi connectivity index (χ1) is 10.3. The minimum atomic E-state index is 0.199. The second kappa shape index (κ2) is 9.09. The molecular formula is C17H34N2O2. The summed E-state index contributed by atoms with van der Waals surface area (Å²) in [7, 11) is 0. The maximum atomic E-state index is 9.61. The van der Waals surface area contributed by atoms with Gasteiger partial charge in [0.25, 0.3) is 0 Å². The summed E-state index contributed by atoms with van der Waals surface area (Å²) in [6.45, 7) is 8.31. The van der Waals surface area contributed by atoms with Gasteiger partial charge in [0.2, 0.25) is 0 Å². The number of hydrogen-bond donors (Lipinski definition) is 2. The number of morpholine rings is 1. The molecule has 1 aliphatic heterocycles. The van der Waals surface area contributed by atoms with Crippen molar-refractivity contribution in [2.75, 3.05) is 46.0 Å². The Kier molecular flexibility index (Phi) is 7.44. The van der Waals surface area contributed by atoms with Crippen LogP contribution in [0.2, 0.25) is 0 Å². The van der Waals surface area contributed by atoms with Crippen molar-refractivity contribution in [3.63, 3.8) is 0 Å². The lowest BCUT2D eigenvalue weighted by Crippen LogP contribution is -2.53. The van der Waals surface area contributed by atoms with Crippen molar-refractivity contribution in [3.05, 3.63) is 0 Å². The lowest BCUT2D eigenvalue weighted by molar-refractivity contribution is -0.0467. The van der Waals surface area contributed by atoms with E-state index in [-0.39, 0.29) is 12.6 Å². The highest BCUT2D eigenvalue weighted by molar-refractivity contribution is 4.89. The van der Waals surface area contributed by atoms with Crippen LogP contribution in [0.4, 0.5) is 0 Å². The van der Waals surface area contributed by atoms with E-state index in [9.17, 15) is 5.11 Å². The summed E-state index contributed by atoms with van der Waals surface area (Å²) in [5, 5.41) is 13.3. The molecule has 4 heteroatoms. The Morgan fingerprint density at radius 2 is 2.00 bits per heavy atom. The molecule has 0 amide bonds. The fraction of sp³-hybridized carbons (Fsp3) is 1.00. The van der Waals surface area contributed by atoms with Crippen LogP contribution in [0, 0.1) is 5.41 Å². The van der Waals surface area contributed by atoms with Crippen molar-refractivity contribution in [1.82, 2.24) is 10.2 Å². The molecule has 1 aliphatic carbocycles. The van der Waals surface area contributed by atoms with E-state index >= 15 is 0 Å². The third-order valence-electron chi connectivity index (χ3n) is 5.19. The van der Waals surface area contributed by atoms with Gasteiger partial charge in [-0.3, -0.25) is 4.90 Å². The molecule has 2 fully saturated rings. The van der Waals surface area contributed by atoms with E-state index in [2.05, 4.69) is 17.1 Å². The highest BCUT2D eigenvalue weighted by Gasteiger charge is 2.35. The topological polar surface area (TPSA) is 44.7 Å². The Bertz CT molecular complexity index is 278. The number of aliphatic hydroxyl groups is 1. The van der Waals surface area contributed by atoms with E-state index in [1.165, 1.54) is 44.9 Å². The van der Waals surface area contributed by atoms with Gasteiger partial charge in [-0.2, -0.15) is 0 Å². The van der Waals surface area contributed by atoms with Gasteiger partial charge < -0.3 is 15.2 Å². The lowest BCUT2D eigenvalue weighted by atomic mass is 9.79. The van der Waals surface area contributed by atoms with Crippen LogP contribution >= 0.6 is 0 Å². The van der Waals surface area contributed by atoms with E-state index in [0.29, 0.717) is 12.0 Å². The van der Waals surface area contributed by atoms with Gasteiger partial charge >= 0.3 is 0 Å². The predicted octanol–water partition coefficient (Wildman–Crippen LogP) is 2.02. The van der Waals surface area contributed by atoms with Crippen molar-refractivity contribution in [2.45, 2.75) is 57.9 Å². The van der Waals surface area contributed by atoms with Crippen molar-refractivity contribution < 1.29 is 9.84 Å². The van der Waals surface area contributed by atoms with Gasteiger partial charge in [0, 0.05) is 19.6 Å². The molecule has 1 heterocycles. The molecule has 0 radical (unpaired) electrons. The second-order valence-electron chi connectivity index (χ2n) is 6.97. The molecule has 2 rings (SSSR count). The third kappa shape index (κ3) is 5.20.